The van der Waals surface area contributed by atoms with Crippen molar-refractivity contribution in [2.24, 2.45) is 0 Å². The Hall–Kier alpha value is -1.12. The van der Waals surface area contributed by atoms with Gasteiger partial charge in [0.2, 0.25) is 0 Å². The molecule has 1 fully saturated rings. The molecule has 3 heteroatoms. The Morgan fingerprint density at radius 1 is 1.22 bits per heavy atom. The number of hydrogen-bond donors (Lipinski definition) is 0. The van der Waals surface area contributed by atoms with Crippen LogP contribution in [0, 0.1) is 0 Å². The van der Waals surface area contributed by atoms with Gasteiger partial charge in [0.25, 0.3) is 5.92 Å². The number of alkyl halides is 2. The van der Waals surface area contributed by atoms with Gasteiger partial charge in [0.1, 0.15) is 0 Å². The number of rotatable bonds is 2. The molecule has 1 saturated heterocycles. The smallest absolute Gasteiger partial charge is 0.266 e. The number of benzene rings is 1. The van der Waals surface area contributed by atoms with Gasteiger partial charge in [0.05, 0.1) is 6.54 Å². The highest BCUT2D eigenvalue weighted by Gasteiger charge is 2.38. The third-order valence-corrected chi connectivity index (χ3v) is 3.07. The van der Waals surface area contributed by atoms with E-state index in [1.54, 1.807) is 4.90 Å². The average molecular weight is 255 g/mol. The third-order valence-electron chi connectivity index (χ3n) is 3.07. The van der Waals surface area contributed by atoms with E-state index in [-0.39, 0.29) is 13.0 Å². The molecule has 1 heterocycles. The fraction of sp³-hybridized carbons (Fsp3) is 0.600. The molecule has 0 aromatic heterocycles. The van der Waals surface area contributed by atoms with E-state index in [0.29, 0.717) is 12.5 Å². The monoisotopic (exact) mass is 255 g/mol. The van der Waals surface area contributed by atoms with Crippen molar-refractivity contribution in [3.05, 3.63) is 29.8 Å². The van der Waals surface area contributed by atoms with E-state index in [1.165, 1.54) is 5.56 Å². The van der Waals surface area contributed by atoms with E-state index in [9.17, 15) is 8.78 Å². The maximum Gasteiger partial charge on any atom is 0.266 e. The van der Waals surface area contributed by atoms with E-state index >= 15 is 0 Å². The average Bonchev–Trinajstić information content (AvgIpc) is 2.72. The van der Waals surface area contributed by atoms with Gasteiger partial charge in [0, 0.05) is 18.7 Å². The van der Waals surface area contributed by atoms with Crippen molar-refractivity contribution < 1.29 is 8.78 Å². The zero-order valence-electron chi connectivity index (χ0n) is 11.7. The predicted octanol–water partition coefficient (Wildman–Crippen LogP) is 4.68. The van der Waals surface area contributed by atoms with Crippen LogP contribution >= 0.6 is 0 Å². The fourth-order valence-electron chi connectivity index (χ4n) is 2.04. The molecule has 1 aromatic carbocycles. The molecule has 1 aliphatic rings. The molecule has 1 aliphatic heterocycles. The second-order valence-electron chi connectivity index (χ2n) is 4.78. The molecule has 0 atom stereocenters. The number of hydrogen-bond acceptors (Lipinski definition) is 1. The first-order valence-electron chi connectivity index (χ1n) is 6.71. The SMILES string of the molecule is CC.CC(C)c1cccc(N2CCC(F)(F)C2)c1. The fourth-order valence-corrected chi connectivity index (χ4v) is 2.04. The van der Waals surface area contributed by atoms with Crippen LogP contribution in [0.3, 0.4) is 0 Å². The second-order valence-corrected chi connectivity index (χ2v) is 4.78. The van der Waals surface area contributed by atoms with Crippen LogP contribution in [0.25, 0.3) is 0 Å². The minimum absolute atomic E-state index is 0.0289. The largest absolute Gasteiger partial charge is 0.365 e. The summed E-state index contributed by atoms with van der Waals surface area (Å²) in [6, 6.07) is 7.92. The van der Waals surface area contributed by atoms with Gasteiger partial charge < -0.3 is 4.90 Å². The zero-order valence-corrected chi connectivity index (χ0v) is 11.7. The van der Waals surface area contributed by atoms with Gasteiger partial charge in [-0.25, -0.2) is 8.78 Å². The molecule has 0 aliphatic carbocycles. The van der Waals surface area contributed by atoms with E-state index in [1.807, 2.05) is 38.1 Å². The van der Waals surface area contributed by atoms with Crippen molar-refractivity contribution in [2.75, 3.05) is 18.0 Å². The lowest BCUT2D eigenvalue weighted by Crippen LogP contribution is -2.24. The molecule has 0 spiro atoms. The van der Waals surface area contributed by atoms with Crippen LogP contribution in [0.5, 0.6) is 0 Å². The van der Waals surface area contributed by atoms with Crippen LogP contribution in [0.1, 0.15) is 45.6 Å². The molecule has 1 nitrogen and oxygen atoms in total. The molecule has 0 saturated carbocycles. The van der Waals surface area contributed by atoms with Gasteiger partial charge in [-0.1, -0.05) is 39.8 Å². The Bertz CT molecular complexity index is 375. The normalized spacial score (nSPS) is 17.6. The van der Waals surface area contributed by atoms with Gasteiger partial charge in [0.15, 0.2) is 0 Å². The van der Waals surface area contributed by atoms with E-state index < -0.39 is 5.92 Å². The molecule has 0 unspecified atom stereocenters. The summed E-state index contributed by atoms with van der Waals surface area (Å²) in [5, 5.41) is 0. The summed E-state index contributed by atoms with van der Waals surface area (Å²) < 4.78 is 26.2. The van der Waals surface area contributed by atoms with Gasteiger partial charge in [-0.3, -0.25) is 0 Å². The Kier molecular flexibility index (Phi) is 5.12. The lowest BCUT2D eigenvalue weighted by molar-refractivity contribution is 0.0257. The van der Waals surface area contributed by atoms with Crippen molar-refractivity contribution >= 4 is 5.69 Å². The first-order valence-corrected chi connectivity index (χ1v) is 6.71. The third kappa shape index (κ3) is 3.69. The quantitative estimate of drug-likeness (QED) is 0.741. The lowest BCUT2D eigenvalue weighted by Gasteiger charge is -2.19. The van der Waals surface area contributed by atoms with Crippen molar-refractivity contribution in [3.63, 3.8) is 0 Å². The molecule has 102 valence electrons. The molecule has 0 bridgehead atoms. The summed E-state index contributed by atoms with van der Waals surface area (Å²) in [5.41, 5.74) is 2.12. The summed E-state index contributed by atoms with van der Waals surface area (Å²) in [5.74, 6) is -2.09. The Labute approximate surface area is 109 Å². The van der Waals surface area contributed by atoms with Crippen LogP contribution in [0.15, 0.2) is 24.3 Å². The van der Waals surface area contributed by atoms with Crippen molar-refractivity contribution in [1.29, 1.82) is 0 Å². The number of nitrogens with zero attached hydrogens (tertiary/aromatic N) is 1. The Morgan fingerprint density at radius 3 is 2.39 bits per heavy atom. The maximum absolute atomic E-state index is 13.1. The first kappa shape index (κ1) is 14.9. The second kappa shape index (κ2) is 6.17. The van der Waals surface area contributed by atoms with Gasteiger partial charge in [-0.2, -0.15) is 0 Å². The van der Waals surface area contributed by atoms with E-state index in [4.69, 9.17) is 0 Å². The highest BCUT2D eigenvalue weighted by molar-refractivity contribution is 5.50. The summed E-state index contributed by atoms with van der Waals surface area (Å²) in [7, 11) is 0. The van der Waals surface area contributed by atoms with Crippen LogP contribution in [0.2, 0.25) is 0 Å². The molecule has 1 aromatic rings. The maximum atomic E-state index is 13.1. The molecule has 0 amide bonds. The summed E-state index contributed by atoms with van der Waals surface area (Å²) in [6.07, 6.45) is -0.0289. The zero-order chi connectivity index (χ0) is 13.8. The van der Waals surface area contributed by atoms with Crippen LogP contribution < -0.4 is 4.90 Å². The summed E-state index contributed by atoms with van der Waals surface area (Å²) >= 11 is 0. The number of anilines is 1. The van der Waals surface area contributed by atoms with Crippen molar-refractivity contribution in [2.45, 2.75) is 46.0 Å². The van der Waals surface area contributed by atoms with Gasteiger partial charge >= 0.3 is 0 Å². The lowest BCUT2D eigenvalue weighted by atomic mass is 10.0. The molecule has 0 N–H and O–H groups in total. The molecule has 0 radical (unpaired) electrons. The van der Waals surface area contributed by atoms with Crippen LogP contribution in [-0.4, -0.2) is 19.0 Å². The number of halogens is 2. The highest BCUT2D eigenvalue weighted by atomic mass is 19.3. The Balaban J connectivity index is 0.000000771. The van der Waals surface area contributed by atoms with Crippen molar-refractivity contribution in [1.82, 2.24) is 0 Å². The van der Waals surface area contributed by atoms with Crippen LogP contribution in [-0.2, 0) is 0 Å². The highest BCUT2D eigenvalue weighted by Crippen LogP contribution is 2.31. The van der Waals surface area contributed by atoms with Gasteiger partial charge in [-0.05, 0) is 23.6 Å². The first-order chi connectivity index (χ1) is 8.48. The standard InChI is InChI=1S/C13H17F2N.C2H6/c1-10(2)11-4-3-5-12(8-11)16-7-6-13(14,15)9-16;1-2/h3-5,8,10H,6-7,9H2,1-2H3;1-2H3. The topological polar surface area (TPSA) is 3.24 Å². The molecule has 2 rings (SSSR count). The summed E-state index contributed by atoms with van der Waals surface area (Å²) in [4.78, 5) is 1.77. The minimum atomic E-state index is -2.52. The Morgan fingerprint density at radius 2 is 1.89 bits per heavy atom. The molecular formula is C15H23F2N. The summed E-state index contributed by atoms with van der Waals surface area (Å²) in [6.45, 7) is 8.53. The van der Waals surface area contributed by atoms with Crippen LogP contribution in [0.4, 0.5) is 14.5 Å². The van der Waals surface area contributed by atoms with E-state index in [0.717, 1.165) is 5.69 Å². The molecule has 18 heavy (non-hydrogen) atoms. The van der Waals surface area contributed by atoms with E-state index in [2.05, 4.69) is 13.8 Å². The predicted molar refractivity (Wildman–Crippen MR) is 73.7 cm³/mol. The van der Waals surface area contributed by atoms with Crippen molar-refractivity contribution in [3.8, 4) is 0 Å². The van der Waals surface area contributed by atoms with Gasteiger partial charge in [-0.15, -0.1) is 0 Å². The minimum Gasteiger partial charge on any atom is -0.365 e. The molecular weight excluding hydrogens is 232 g/mol.